The molecule has 1 saturated heterocycles. The third-order valence-electron chi connectivity index (χ3n) is 5.22. The first-order valence-corrected chi connectivity index (χ1v) is 9.73. The largest absolute Gasteiger partial charge is 0.497 e. The summed E-state index contributed by atoms with van der Waals surface area (Å²) in [6, 6.07) is 0.430. The number of unbranched alkanes of at least 4 members (excludes halogenated alkanes) is 2. The molecule has 2 rings (SSSR count). The van der Waals surface area contributed by atoms with Crippen LogP contribution in [0.3, 0.4) is 0 Å². The van der Waals surface area contributed by atoms with E-state index in [0.717, 1.165) is 71.9 Å². The second-order valence-corrected chi connectivity index (χ2v) is 7.10. The van der Waals surface area contributed by atoms with Crippen molar-refractivity contribution in [2.45, 2.75) is 31.7 Å². The van der Waals surface area contributed by atoms with Gasteiger partial charge in [0.1, 0.15) is 12.9 Å². The van der Waals surface area contributed by atoms with Crippen molar-refractivity contribution in [2.24, 2.45) is 0 Å². The van der Waals surface area contributed by atoms with Gasteiger partial charge >= 0.3 is 0 Å². The Morgan fingerprint density at radius 3 is 2.44 bits per heavy atom. The average Bonchev–Trinajstić information content (AvgIpc) is 2.64. The first-order chi connectivity index (χ1) is 12.3. The summed E-state index contributed by atoms with van der Waals surface area (Å²) in [4.78, 5) is 7.60. The van der Waals surface area contributed by atoms with E-state index in [1.807, 2.05) is 6.26 Å². The van der Waals surface area contributed by atoms with Gasteiger partial charge in [0.25, 0.3) is 0 Å². The Bertz CT molecular complexity index is 392. The van der Waals surface area contributed by atoms with Crippen LogP contribution < -0.4 is 0 Å². The van der Waals surface area contributed by atoms with Crippen molar-refractivity contribution in [1.29, 1.82) is 0 Å². The molecule has 0 aromatic carbocycles. The van der Waals surface area contributed by atoms with Gasteiger partial charge in [0.2, 0.25) is 0 Å². The molecule has 0 spiro atoms. The monoisotopic (exact) mass is 355 g/mol. The normalized spacial score (nSPS) is 22.8. The maximum absolute atomic E-state index is 5.70. The summed E-state index contributed by atoms with van der Waals surface area (Å²) in [5.41, 5.74) is 1.35. The van der Waals surface area contributed by atoms with Gasteiger partial charge in [-0.3, -0.25) is 4.90 Å². The molecule has 0 N–H and O–H groups in total. The van der Waals surface area contributed by atoms with E-state index in [0.29, 0.717) is 6.04 Å². The molecular formula is C19H37N3O3. The van der Waals surface area contributed by atoms with Gasteiger partial charge in [0.15, 0.2) is 0 Å². The molecule has 6 nitrogen and oxygen atoms in total. The van der Waals surface area contributed by atoms with Crippen molar-refractivity contribution < 1.29 is 14.2 Å². The molecule has 1 fully saturated rings. The van der Waals surface area contributed by atoms with Gasteiger partial charge in [-0.05, 0) is 39.3 Å². The van der Waals surface area contributed by atoms with Crippen molar-refractivity contribution in [3.63, 3.8) is 0 Å². The maximum atomic E-state index is 5.70. The highest BCUT2D eigenvalue weighted by molar-refractivity contribution is 5.12. The number of piperazine rings is 1. The summed E-state index contributed by atoms with van der Waals surface area (Å²) in [7, 11) is 5.80. The molecular weight excluding hydrogens is 318 g/mol. The van der Waals surface area contributed by atoms with Crippen LogP contribution in [-0.2, 0) is 14.2 Å². The van der Waals surface area contributed by atoms with E-state index in [4.69, 9.17) is 14.2 Å². The fourth-order valence-corrected chi connectivity index (χ4v) is 3.62. The molecule has 2 aliphatic rings. The molecule has 1 unspecified atom stereocenters. The quantitative estimate of drug-likeness (QED) is 0.525. The van der Waals surface area contributed by atoms with Crippen LogP contribution in [0.4, 0.5) is 0 Å². The minimum Gasteiger partial charge on any atom is -0.497 e. The number of methoxy groups -OCH3 is 2. The van der Waals surface area contributed by atoms with E-state index >= 15 is 0 Å². The predicted octanol–water partition coefficient (Wildman–Crippen LogP) is 1.63. The zero-order valence-electron chi connectivity index (χ0n) is 16.4. The molecule has 0 saturated carbocycles. The van der Waals surface area contributed by atoms with E-state index in [9.17, 15) is 0 Å². The predicted molar refractivity (Wildman–Crippen MR) is 101 cm³/mol. The van der Waals surface area contributed by atoms with Gasteiger partial charge in [-0.2, -0.15) is 0 Å². The van der Waals surface area contributed by atoms with Gasteiger partial charge in [-0.15, -0.1) is 0 Å². The van der Waals surface area contributed by atoms with Crippen LogP contribution in [0.25, 0.3) is 0 Å². The topological polar surface area (TPSA) is 37.4 Å². The Balaban J connectivity index is 1.87. The van der Waals surface area contributed by atoms with Crippen molar-refractivity contribution in [3.8, 4) is 0 Å². The van der Waals surface area contributed by atoms with E-state index in [2.05, 4.69) is 21.7 Å². The van der Waals surface area contributed by atoms with Gasteiger partial charge in [0.05, 0.1) is 18.3 Å². The molecule has 0 bridgehead atoms. The number of hydrogen-bond donors (Lipinski definition) is 0. The highest BCUT2D eigenvalue weighted by atomic mass is 16.5. The Kier molecular flexibility index (Phi) is 9.61. The smallest absolute Gasteiger partial charge is 0.105 e. The third-order valence-corrected chi connectivity index (χ3v) is 5.22. The van der Waals surface area contributed by atoms with Crippen LogP contribution in [-0.4, -0.2) is 101 Å². The minimum absolute atomic E-state index is 0.430. The summed E-state index contributed by atoms with van der Waals surface area (Å²) in [6.45, 7) is 9.13. The molecule has 0 amide bonds. The number of likely N-dealkylation sites (N-methyl/N-ethyl adjacent to an activating group) is 1. The Labute approximate surface area is 153 Å². The second-order valence-electron chi connectivity index (χ2n) is 7.10. The SMILES string of the molecule is COCCCCN1CCN(C)C(C2=COCCN2CCCCOC)C1. The summed E-state index contributed by atoms with van der Waals surface area (Å²) >= 11 is 0. The standard InChI is InChI=1S/C19H37N3O3/c1-20-10-11-21(8-4-6-13-23-2)16-18(20)19-17-25-15-12-22(19)9-5-7-14-24-3/h17-18H,4-16H2,1-3H3. The molecule has 1 atom stereocenters. The van der Waals surface area contributed by atoms with Crippen LogP contribution in [0.5, 0.6) is 0 Å². The van der Waals surface area contributed by atoms with Crippen LogP contribution in [0.15, 0.2) is 12.0 Å². The van der Waals surface area contributed by atoms with Crippen molar-refractivity contribution >= 4 is 0 Å². The zero-order chi connectivity index (χ0) is 17.9. The number of nitrogens with zero attached hydrogens (tertiary/aromatic N) is 3. The molecule has 6 heteroatoms. The number of ether oxygens (including phenoxy) is 3. The molecule has 2 aliphatic heterocycles. The zero-order valence-corrected chi connectivity index (χ0v) is 16.4. The maximum Gasteiger partial charge on any atom is 0.105 e. The molecule has 0 aliphatic carbocycles. The minimum atomic E-state index is 0.430. The Hall–Kier alpha value is -0.820. The molecule has 0 radical (unpaired) electrons. The lowest BCUT2D eigenvalue weighted by Gasteiger charge is -2.44. The highest BCUT2D eigenvalue weighted by Gasteiger charge is 2.31. The van der Waals surface area contributed by atoms with Crippen LogP contribution in [0.1, 0.15) is 25.7 Å². The van der Waals surface area contributed by atoms with Crippen LogP contribution in [0, 0.1) is 0 Å². The first kappa shape index (κ1) is 20.5. The van der Waals surface area contributed by atoms with Crippen LogP contribution >= 0.6 is 0 Å². The van der Waals surface area contributed by atoms with E-state index in [-0.39, 0.29) is 0 Å². The fourth-order valence-electron chi connectivity index (χ4n) is 3.62. The van der Waals surface area contributed by atoms with Gasteiger partial charge < -0.3 is 24.0 Å². The fraction of sp³-hybridized carbons (Fsp3) is 0.895. The number of rotatable bonds is 11. The van der Waals surface area contributed by atoms with E-state index in [1.54, 1.807) is 14.2 Å². The van der Waals surface area contributed by atoms with E-state index < -0.39 is 0 Å². The van der Waals surface area contributed by atoms with Crippen LogP contribution in [0.2, 0.25) is 0 Å². The Morgan fingerprint density at radius 1 is 1.00 bits per heavy atom. The van der Waals surface area contributed by atoms with Crippen molar-refractivity contribution in [2.75, 3.05) is 80.4 Å². The molecule has 2 heterocycles. The third kappa shape index (κ3) is 6.77. The lowest BCUT2D eigenvalue weighted by molar-refractivity contribution is 0.0692. The molecule has 146 valence electrons. The summed E-state index contributed by atoms with van der Waals surface area (Å²) < 4.78 is 16.0. The van der Waals surface area contributed by atoms with Crippen molar-refractivity contribution in [1.82, 2.24) is 14.7 Å². The average molecular weight is 356 g/mol. The van der Waals surface area contributed by atoms with Crippen molar-refractivity contribution in [3.05, 3.63) is 12.0 Å². The summed E-state index contributed by atoms with van der Waals surface area (Å²) in [5.74, 6) is 0. The number of hydrogen-bond acceptors (Lipinski definition) is 6. The molecule has 0 aromatic heterocycles. The van der Waals surface area contributed by atoms with Gasteiger partial charge in [-0.1, -0.05) is 0 Å². The van der Waals surface area contributed by atoms with E-state index in [1.165, 1.54) is 18.5 Å². The lowest BCUT2D eigenvalue weighted by Crippen LogP contribution is -2.55. The lowest BCUT2D eigenvalue weighted by atomic mass is 10.1. The molecule has 25 heavy (non-hydrogen) atoms. The molecule has 0 aromatic rings. The van der Waals surface area contributed by atoms with Gasteiger partial charge in [0, 0.05) is 53.6 Å². The summed E-state index contributed by atoms with van der Waals surface area (Å²) in [5, 5.41) is 0. The van der Waals surface area contributed by atoms with Gasteiger partial charge in [-0.25, -0.2) is 0 Å². The highest BCUT2D eigenvalue weighted by Crippen LogP contribution is 2.22. The Morgan fingerprint density at radius 2 is 1.72 bits per heavy atom. The first-order valence-electron chi connectivity index (χ1n) is 9.73. The second kappa shape index (κ2) is 11.7. The summed E-state index contributed by atoms with van der Waals surface area (Å²) in [6.07, 6.45) is 6.65.